The Kier molecular flexibility index (Phi) is 3.29. The molecule has 0 atom stereocenters. The van der Waals surface area contributed by atoms with Gasteiger partial charge in [0.15, 0.2) is 0 Å². The molecular weight excluding hydrogens is 318 g/mol. The molecule has 0 bridgehead atoms. The Morgan fingerprint density at radius 3 is 2.00 bits per heavy atom. The Labute approximate surface area is 153 Å². The van der Waals surface area contributed by atoms with Crippen molar-refractivity contribution in [3.05, 3.63) is 119 Å². The predicted octanol–water partition coefficient (Wildman–Crippen LogP) is 4.33. The topological polar surface area (TPSA) is 30.7 Å². The summed E-state index contributed by atoms with van der Waals surface area (Å²) >= 11 is 0. The molecule has 2 heterocycles. The number of hydrogen-bond acceptors (Lipinski definition) is 2. The molecule has 1 aliphatic heterocycles. The van der Waals surface area contributed by atoms with E-state index in [1.54, 1.807) is 0 Å². The molecule has 3 nitrogen and oxygen atoms in total. The van der Waals surface area contributed by atoms with Gasteiger partial charge >= 0.3 is 0 Å². The highest BCUT2D eigenvalue weighted by atomic mass is 15.4. The van der Waals surface area contributed by atoms with E-state index in [1.807, 2.05) is 6.92 Å². The van der Waals surface area contributed by atoms with Crippen molar-refractivity contribution in [2.24, 2.45) is 0 Å². The van der Waals surface area contributed by atoms with Crippen LogP contribution in [0.5, 0.6) is 0 Å². The third-order valence-electron chi connectivity index (χ3n) is 5.24. The summed E-state index contributed by atoms with van der Waals surface area (Å²) in [6, 6.07) is 29.9. The first kappa shape index (κ1) is 15.1. The minimum Gasteiger partial charge on any atom is -0.230 e. The lowest BCUT2D eigenvalue weighted by atomic mass is 9.73. The van der Waals surface area contributed by atoms with Crippen LogP contribution in [-0.2, 0) is 12.0 Å². The molecule has 0 saturated heterocycles. The molecule has 0 aliphatic carbocycles. The highest BCUT2D eigenvalue weighted by Crippen LogP contribution is 2.45. The average molecular weight is 337 g/mol. The molecule has 0 unspecified atom stereocenters. The van der Waals surface area contributed by atoms with Gasteiger partial charge in [-0.25, -0.2) is 9.67 Å². The molecule has 0 radical (unpaired) electrons. The van der Waals surface area contributed by atoms with E-state index < -0.39 is 5.54 Å². The molecule has 1 aliphatic rings. The van der Waals surface area contributed by atoms with Gasteiger partial charge in [0, 0.05) is 6.42 Å². The zero-order chi connectivity index (χ0) is 17.6. The van der Waals surface area contributed by atoms with Crippen LogP contribution in [0.25, 0.3) is 0 Å². The van der Waals surface area contributed by atoms with Crippen molar-refractivity contribution in [3.63, 3.8) is 0 Å². The molecule has 1 aromatic heterocycles. The third-order valence-corrected chi connectivity index (χ3v) is 5.24. The van der Waals surface area contributed by atoms with Crippen LogP contribution in [0.1, 0.15) is 33.9 Å². The van der Waals surface area contributed by atoms with E-state index in [-0.39, 0.29) is 0 Å². The molecule has 0 fully saturated rings. The van der Waals surface area contributed by atoms with Gasteiger partial charge in [-0.15, -0.1) is 0 Å². The van der Waals surface area contributed by atoms with E-state index in [0.717, 1.165) is 18.1 Å². The summed E-state index contributed by atoms with van der Waals surface area (Å²) in [5.41, 5.74) is 4.47. The van der Waals surface area contributed by atoms with Gasteiger partial charge in [-0.2, -0.15) is 5.10 Å². The minimum absolute atomic E-state index is 0.506. The summed E-state index contributed by atoms with van der Waals surface area (Å²) in [6.45, 7) is 1.97. The maximum absolute atomic E-state index is 4.86. The molecule has 4 aromatic rings. The maximum Gasteiger partial charge on any atom is 0.147 e. The van der Waals surface area contributed by atoms with Gasteiger partial charge in [-0.1, -0.05) is 84.9 Å². The lowest BCUT2D eigenvalue weighted by molar-refractivity contribution is 0.423. The summed E-state index contributed by atoms with van der Waals surface area (Å²) in [5, 5.41) is 4.86. The molecule has 5 rings (SSSR count). The van der Waals surface area contributed by atoms with E-state index in [4.69, 9.17) is 10.1 Å². The largest absolute Gasteiger partial charge is 0.230 e. The highest BCUT2D eigenvalue weighted by molar-refractivity contribution is 5.55. The van der Waals surface area contributed by atoms with Crippen LogP contribution in [0, 0.1) is 6.92 Å². The fraction of sp³-hybridized carbons (Fsp3) is 0.130. The second-order valence-corrected chi connectivity index (χ2v) is 6.76. The minimum atomic E-state index is -0.506. The van der Waals surface area contributed by atoms with Gasteiger partial charge in [0.1, 0.15) is 17.2 Å². The molecule has 0 N–H and O–H groups in total. The van der Waals surface area contributed by atoms with Crippen molar-refractivity contribution in [3.8, 4) is 0 Å². The summed E-state index contributed by atoms with van der Waals surface area (Å²) in [5.74, 6) is 1.82. The highest BCUT2D eigenvalue weighted by Gasteiger charge is 2.45. The van der Waals surface area contributed by atoms with Crippen LogP contribution in [0.2, 0.25) is 0 Å². The number of hydrogen-bond donors (Lipinski definition) is 0. The van der Waals surface area contributed by atoms with Gasteiger partial charge in [-0.05, 0) is 29.2 Å². The van der Waals surface area contributed by atoms with E-state index in [1.165, 1.54) is 22.3 Å². The van der Waals surface area contributed by atoms with Crippen LogP contribution in [0.15, 0.2) is 84.9 Å². The Morgan fingerprint density at radius 1 is 0.769 bits per heavy atom. The van der Waals surface area contributed by atoms with Crippen LogP contribution in [0.4, 0.5) is 0 Å². The normalized spacial score (nSPS) is 14.5. The smallest absolute Gasteiger partial charge is 0.147 e. The number of rotatable bonds is 2. The lowest BCUT2D eigenvalue weighted by Gasteiger charge is -2.40. The van der Waals surface area contributed by atoms with E-state index in [9.17, 15) is 0 Å². The summed E-state index contributed by atoms with van der Waals surface area (Å²) < 4.78 is 2.13. The summed E-state index contributed by atoms with van der Waals surface area (Å²) in [4.78, 5) is 4.75. The quantitative estimate of drug-likeness (QED) is 0.480. The Bertz CT molecular complexity index is 1030. The standard InChI is InChI=1S/C23H19N3/c1-17-24-22-16-18-10-8-9-15-21(18)23(26(22)25-17,19-11-4-2-5-12-19)20-13-6-3-7-14-20/h2-15H,16H2,1H3. The first-order valence-electron chi connectivity index (χ1n) is 8.92. The number of aryl methyl sites for hydroxylation is 1. The van der Waals surface area contributed by atoms with Crippen molar-refractivity contribution in [2.45, 2.75) is 18.9 Å². The second-order valence-electron chi connectivity index (χ2n) is 6.76. The zero-order valence-corrected chi connectivity index (χ0v) is 14.6. The SMILES string of the molecule is Cc1nc2n(n1)C(c1ccccc1)(c1ccccc1)c1ccccc1C2. The van der Waals surface area contributed by atoms with Gasteiger partial charge in [0.2, 0.25) is 0 Å². The van der Waals surface area contributed by atoms with Crippen LogP contribution < -0.4 is 0 Å². The molecule has 126 valence electrons. The zero-order valence-electron chi connectivity index (χ0n) is 14.6. The summed E-state index contributed by atoms with van der Waals surface area (Å²) in [7, 11) is 0. The van der Waals surface area contributed by atoms with Crippen LogP contribution >= 0.6 is 0 Å². The number of fused-ring (bicyclic) bond motifs is 2. The van der Waals surface area contributed by atoms with Crippen molar-refractivity contribution < 1.29 is 0 Å². The van der Waals surface area contributed by atoms with Crippen molar-refractivity contribution in [1.82, 2.24) is 14.8 Å². The van der Waals surface area contributed by atoms with Crippen LogP contribution in [-0.4, -0.2) is 14.8 Å². The Morgan fingerprint density at radius 2 is 1.35 bits per heavy atom. The molecule has 26 heavy (non-hydrogen) atoms. The van der Waals surface area contributed by atoms with Gasteiger partial charge in [0.25, 0.3) is 0 Å². The number of benzene rings is 3. The van der Waals surface area contributed by atoms with E-state index >= 15 is 0 Å². The van der Waals surface area contributed by atoms with Gasteiger partial charge in [0.05, 0.1) is 0 Å². The fourth-order valence-corrected chi connectivity index (χ4v) is 4.23. The fourth-order valence-electron chi connectivity index (χ4n) is 4.23. The number of aromatic nitrogens is 3. The Balaban J connectivity index is 1.97. The predicted molar refractivity (Wildman–Crippen MR) is 102 cm³/mol. The number of nitrogens with zero attached hydrogens (tertiary/aromatic N) is 3. The van der Waals surface area contributed by atoms with Gasteiger partial charge < -0.3 is 0 Å². The molecule has 0 saturated carbocycles. The van der Waals surface area contributed by atoms with Crippen LogP contribution in [0.3, 0.4) is 0 Å². The van der Waals surface area contributed by atoms with Crippen molar-refractivity contribution >= 4 is 0 Å². The summed E-state index contributed by atoms with van der Waals surface area (Å²) in [6.07, 6.45) is 0.804. The maximum atomic E-state index is 4.86. The molecule has 3 aromatic carbocycles. The first-order chi connectivity index (χ1) is 12.8. The molecule has 0 spiro atoms. The molecule has 0 amide bonds. The first-order valence-corrected chi connectivity index (χ1v) is 8.92. The Hall–Kier alpha value is -3.20. The molecular formula is C23H19N3. The van der Waals surface area contributed by atoms with Gasteiger partial charge in [-0.3, -0.25) is 0 Å². The van der Waals surface area contributed by atoms with E-state index in [2.05, 4.69) is 89.6 Å². The lowest BCUT2D eigenvalue weighted by Crippen LogP contribution is -2.43. The van der Waals surface area contributed by atoms with E-state index in [0.29, 0.717) is 0 Å². The van der Waals surface area contributed by atoms with Crippen molar-refractivity contribution in [2.75, 3.05) is 0 Å². The second kappa shape index (κ2) is 5.67. The monoisotopic (exact) mass is 337 g/mol. The van der Waals surface area contributed by atoms with Crippen molar-refractivity contribution in [1.29, 1.82) is 0 Å². The average Bonchev–Trinajstić information content (AvgIpc) is 3.07. The molecule has 3 heteroatoms. The third kappa shape index (κ3) is 2.00.